The van der Waals surface area contributed by atoms with Crippen molar-refractivity contribution < 1.29 is 4.39 Å². The summed E-state index contributed by atoms with van der Waals surface area (Å²) in [7, 11) is 0. The second-order valence-corrected chi connectivity index (χ2v) is 3.81. The quantitative estimate of drug-likeness (QED) is 0.771. The average Bonchev–Trinajstić information content (AvgIpc) is 2.16. The third kappa shape index (κ3) is 4.31. The molecule has 0 saturated carbocycles. The molecule has 0 aliphatic heterocycles. The molecule has 0 aliphatic rings. The Balaban J connectivity index is 2.62. The van der Waals surface area contributed by atoms with E-state index >= 15 is 0 Å². The minimum Gasteiger partial charge on any atom is -0.392 e. The SMILES string of the molecule is CCN(CC(N)=S)Cc1cncc(F)c1. The molecule has 0 radical (unpaired) electrons. The van der Waals surface area contributed by atoms with Crippen molar-refractivity contribution in [3.63, 3.8) is 0 Å². The van der Waals surface area contributed by atoms with Crippen LogP contribution in [0.15, 0.2) is 18.5 Å². The number of hydrogen-bond acceptors (Lipinski definition) is 3. The molecule has 0 spiro atoms. The molecule has 1 aromatic heterocycles. The van der Waals surface area contributed by atoms with Crippen molar-refractivity contribution >= 4 is 17.2 Å². The Morgan fingerprint density at radius 3 is 2.87 bits per heavy atom. The normalized spacial score (nSPS) is 10.6. The molecule has 0 amide bonds. The van der Waals surface area contributed by atoms with Crippen molar-refractivity contribution in [2.24, 2.45) is 5.73 Å². The van der Waals surface area contributed by atoms with E-state index < -0.39 is 0 Å². The molecule has 1 aromatic rings. The smallest absolute Gasteiger partial charge is 0.141 e. The Morgan fingerprint density at radius 2 is 2.33 bits per heavy atom. The first-order valence-corrected chi connectivity index (χ1v) is 5.12. The summed E-state index contributed by atoms with van der Waals surface area (Å²) in [5.41, 5.74) is 6.28. The second-order valence-electron chi connectivity index (χ2n) is 3.28. The van der Waals surface area contributed by atoms with Crippen LogP contribution >= 0.6 is 12.2 Å². The summed E-state index contributed by atoms with van der Waals surface area (Å²) in [6, 6.07) is 1.47. The van der Waals surface area contributed by atoms with Crippen LogP contribution in [0.4, 0.5) is 4.39 Å². The Hall–Kier alpha value is -1.07. The first-order chi connectivity index (χ1) is 7.11. The summed E-state index contributed by atoms with van der Waals surface area (Å²) < 4.78 is 12.9. The molecule has 0 unspecified atom stereocenters. The first-order valence-electron chi connectivity index (χ1n) is 4.72. The molecule has 1 rings (SSSR count). The number of rotatable bonds is 5. The third-order valence-electron chi connectivity index (χ3n) is 1.99. The zero-order valence-corrected chi connectivity index (χ0v) is 9.43. The van der Waals surface area contributed by atoms with Crippen LogP contribution in [0.2, 0.25) is 0 Å². The predicted molar refractivity (Wildman–Crippen MR) is 61.9 cm³/mol. The highest BCUT2D eigenvalue weighted by Crippen LogP contribution is 2.04. The topological polar surface area (TPSA) is 42.1 Å². The first kappa shape index (κ1) is 12.0. The molecule has 82 valence electrons. The zero-order valence-electron chi connectivity index (χ0n) is 8.61. The third-order valence-corrected chi connectivity index (χ3v) is 2.12. The fraction of sp³-hybridized carbons (Fsp3) is 0.400. The van der Waals surface area contributed by atoms with Crippen molar-refractivity contribution in [1.29, 1.82) is 0 Å². The number of nitrogens with zero attached hydrogens (tertiary/aromatic N) is 2. The molecule has 15 heavy (non-hydrogen) atoms. The molecule has 0 aromatic carbocycles. The van der Waals surface area contributed by atoms with Gasteiger partial charge in [-0.25, -0.2) is 4.39 Å². The largest absolute Gasteiger partial charge is 0.392 e. The summed E-state index contributed by atoms with van der Waals surface area (Å²) in [4.78, 5) is 6.26. The summed E-state index contributed by atoms with van der Waals surface area (Å²) in [5.74, 6) is -0.320. The monoisotopic (exact) mass is 227 g/mol. The summed E-state index contributed by atoms with van der Waals surface area (Å²) >= 11 is 4.83. The van der Waals surface area contributed by atoms with Gasteiger partial charge in [-0.05, 0) is 18.2 Å². The number of aromatic nitrogens is 1. The maximum absolute atomic E-state index is 12.9. The Kier molecular flexibility index (Phi) is 4.58. The van der Waals surface area contributed by atoms with E-state index in [1.807, 2.05) is 11.8 Å². The Bertz CT molecular complexity index is 343. The van der Waals surface area contributed by atoms with Gasteiger partial charge in [-0.15, -0.1) is 0 Å². The second kappa shape index (κ2) is 5.72. The van der Waals surface area contributed by atoms with Gasteiger partial charge in [0.1, 0.15) is 5.82 Å². The molecule has 0 atom stereocenters. The van der Waals surface area contributed by atoms with E-state index in [0.29, 0.717) is 18.1 Å². The van der Waals surface area contributed by atoms with Gasteiger partial charge in [0.05, 0.1) is 11.2 Å². The van der Waals surface area contributed by atoms with Crippen molar-refractivity contribution in [3.05, 3.63) is 29.8 Å². The molecule has 3 nitrogen and oxygen atoms in total. The lowest BCUT2D eigenvalue weighted by Gasteiger charge is -2.19. The molecule has 2 N–H and O–H groups in total. The lowest BCUT2D eigenvalue weighted by Crippen LogP contribution is -2.32. The molecular formula is C10H14FN3S. The van der Waals surface area contributed by atoms with Crippen molar-refractivity contribution in [2.75, 3.05) is 13.1 Å². The van der Waals surface area contributed by atoms with Crippen LogP contribution in [0, 0.1) is 5.82 Å². The predicted octanol–water partition coefficient (Wildman–Crippen LogP) is 1.33. The van der Waals surface area contributed by atoms with Crippen LogP contribution in [-0.4, -0.2) is 28.0 Å². The van der Waals surface area contributed by atoms with Gasteiger partial charge in [-0.1, -0.05) is 19.1 Å². The standard InChI is InChI=1S/C10H14FN3S/c1-2-14(7-10(12)15)6-8-3-9(11)5-13-4-8/h3-5H,2,6-7H2,1H3,(H2,12,15). The van der Waals surface area contributed by atoms with Crippen LogP contribution in [-0.2, 0) is 6.54 Å². The van der Waals surface area contributed by atoms with Crippen LogP contribution in [0.3, 0.4) is 0 Å². The van der Waals surface area contributed by atoms with Crippen LogP contribution in [0.5, 0.6) is 0 Å². The van der Waals surface area contributed by atoms with Crippen molar-refractivity contribution in [1.82, 2.24) is 9.88 Å². The van der Waals surface area contributed by atoms with E-state index in [2.05, 4.69) is 4.98 Å². The maximum Gasteiger partial charge on any atom is 0.141 e. The number of hydrogen-bond donors (Lipinski definition) is 1. The number of thiocarbonyl (C=S) groups is 1. The van der Waals surface area contributed by atoms with E-state index in [9.17, 15) is 4.39 Å². The number of nitrogens with two attached hydrogens (primary N) is 1. The molecule has 1 heterocycles. The minimum absolute atomic E-state index is 0.320. The summed E-state index contributed by atoms with van der Waals surface area (Å²) in [6.07, 6.45) is 2.83. The summed E-state index contributed by atoms with van der Waals surface area (Å²) in [6.45, 7) is 3.97. The Labute approximate surface area is 94.1 Å². The molecule has 0 bridgehead atoms. The van der Waals surface area contributed by atoms with Crippen LogP contribution in [0.1, 0.15) is 12.5 Å². The van der Waals surface area contributed by atoms with E-state index in [1.54, 1.807) is 6.20 Å². The number of pyridine rings is 1. The van der Waals surface area contributed by atoms with E-state index in [1.165, 1.54) is 12.3 Å². The molecule has 5 heteroatoms. The minimum atomic E-state index is -0.320. The Morgan fingerprint density at radius 1 is 1.60 bits per heavy atom. The van der Waals surface area contributed by atoms with E-state index in [0.717, 1.165) is 12.1 Å². The lowest BCUT2D eigenvalue weighted by atomic mass is 10.2. The molecule has 0 fully saturated rings. The molecule has 0 saturated heterocycles. The fourth-order valence-electron chi connectivity index (χ4n) is 1.30. The van der Waals surface area contributed by atoms with Crippen molar-refractivity contribution in [3.8, 4) is 0 Å². The summed E-state index contributed by atoms with van der Waals surface area (Å²) in [5, 5.41) is 0. The van der Waals surface area contributed by atoms with Gasteiger partial charge >= 0.3 is 0 Å². The van der Waals surface area contributed by atoms with Gasteiger partial charge in [-0.3, -0.25) is 9.88 Å². The van der Waals surface area contributed by atoms with Gasteiger partial charge in [0, 0.05) is 19.3 Å². The highest BCUT2D eigenvalue weighted by atomic mass is 32.1. The fourth-order valence-corrected chi connectivity index (χ4v) is 1.48. The number of halogens is 1. The average molecular weight is 227 g/mol. The highest BCUT2D eigenvalue weighted by Gasteiger charge is 2.05. The van der Waals surface area contributed by atoms with Gasteiger partial charge < -0.3 is 5.73 Å². The van der Waals surface area contributed by atoms with Gasteiger partial charge in [0.25, 0.3) is 0 Å². The maximum atomic E-state index is 12.9. The van der Waals surface area contributed by atoms with Crippen LogP contribution in [0.25, 0.3) is 0 Å². The van der Waals surface area contributed by atoms with Gasteiger partial charge in [0.2, 0.25) is 0 Å². The van der Waals surface area contributed by atoms with Crippen LogP contribution < -0.4 is 5.73 Å². The van der Waals surface area contributed by atoms with E-state index in [-0.39, 0.29) is 5.82 Å². The van der Waals surface area contributed by atoms with E-state index in [4.69, 9.17) is 18.0 Å². The molecule has 0 aliphatic carbocycles. The highest BCUT2D eigenvalue weighted by molar-refractivity contribution is 7.80. The zero-order chi connectivity index (χ0) is 11.3. The molecular weight excluding hydrogens is 213 g/mol. The lowest BCUT2D eigenvalue weighted by molar-refractivity contribution is 0.320. The van der Waals surface area contributed by atoms with Gasteiger partial charge in [0.15, 0.2) is 0 Å². The number of likely N-dealkylation sites (N-methyl/N-ethyl adjacent to an activating group) is 1. The van der Waals surface area contributed by atoms with Gasteiger partial charge in [-0.2, -0.15) is 0 Å². The van der Waals surface area contributed by atoms with Crippen molar-refractivity contribution in [2.45, 2.75) is 13.5 Å².